The molecule has 5 heteroatoms. The van der Waals surface area contributed by atoms with Gasteiger partial charge in [0.1, 0.15) is 12.4 Å². The van der Waals surface area contributed by atoms with Crippen LogP contribution in [0.4, 0.5) is 0 Å². The van der Waals surface area contributed by atoms with Gasteiger partial charge in [-0.1, -0.05) is 6.07 Å². The van der Waals surface area contributed by atoms with Crippen LogP contribution in [0.15, 0.2) is 36.7 Å². The molecule has 3 N–H and O–H groups in total. The average Bonchev–Trinajstić information content (AvgIpc) is 2.75. The van der Waals surface area contributed by atoms with E-state index in [4.69, 9.17) is 10.5 Å². The maximum atomic E-state index is 9.37. The molecule has 1 atom stereocenters. The van der Waals surface area contributed by atoms with Gasteiger partial charge >= 0.3 is 0 Å². The van der Waals surface area contributed by atoms with Gasteiger partial charge in [0.15, 0.2) is 5.75 Å². The van der Waals surface area contributed by atoms with Gasteiger partial charge in [0, 0.05) is 12.1 Å². The third-order valence-corrected chi connectivity index (χ3v) is 2.17. The molecule has 1 aromatic heterocycles. The van der Waals surface area contributed by atoms with Crippen LogP contribution in [0.2, 0.25) is 0 Å². The van der Waals surface area contributed by atoms with E-state index in [9.17, 15) is 5.11 Å². The van der Waals surface area contributed by atoms with E-state index in [2.05, 4.69) is 5.10 Å². The second kappa shape index (κ2) is 4.88. The minimum atomic E-state index is -0.0147. The first kappa shape index (κ1) is 11.5. The second-order valence-corrected chi connectivity index (χ2v) is 3.93. The molecule has 0 spiro atoms. The number of benzene rings is 1. The van der Waals surface area contributed by atoms with Crippen LogP contribution in [0.3, 0.4) is 0 Å². The third-order valence-electron chi connectivity index (χ3n) is 2.17. The zero-order valence-corrected chi connectivity index (χ0v) is 9.58. The first-order valence-electron chi connectivity index (χ1n) is 5.37. The summed E-state index contributed by atoms with van der Waals surface area (Å²) < 4.78 is 7.06. The predicted octanol–water partition coefficient (Wildman–Crippen LogP) is 1.30. The molecular weight excluding hydrogens is 218 g/mol. The standard InChI is InChI=1S/C12H15N3O2/c1-9(13)8-17-12-6-14-15(7-12)10-3-2-4-11(16)5-10/h2-7,9,16H,8,13H2,1H3. The lowest BCUT2D eigenvalue weighted by Crippen LogP contribution is -2.23. The molecule has 2 rings (SSSR count). The molecule has 2 aromatic rings. The van der Waals surface area contributed by atoms with Crippen LogP contribution in [-0.2, 0) is 0 Å². The highest BCUT2D eigenvalue weighted by Crippen LogP contribution is 2.17. The van der Waals surface area contributed by atoms with Gasteiger partial charge in [-0.15, -0.1) is 0 Å². The number of aromatic nitrogens is 2. The minimum Gasteiger partial charge on any atom is -0.508 e. The Morgan fingerprint density at radius 1 is 1.53 bits per heavy atom. The molecule has 0 saturated carbocycles. The molecule has 1 heterocycles. The molecular formula is C12H15N3O2. The van der Waals surface area contributed by atoms with Crippen LogP contribution < -0.4 is 10.5 Å². The van der Waals surface area contributed by atoms with E-state index in [0.717, 1.165) is 5.69 Å². The molecule has 5 nitrogen and oxygen atoms in total. The number of nitrogens with zero attached hydrogens (tertiary/aromatic N) is 2. The maximum absolute atomic E-state index is 9.37. The summed E-state index contributed by atoms with van der Waals surface area (Å²) in [6.45, 7) is 2.32. The Balaban J connectivity index is 2.12. The van der Waals surface area contributed by atoms with Gasteiger partial charge in [-0.2, -0.15) is 5.10 Å². The number of ether oxygens (including phenoxy) is 1. The van der Waals surface area contributed by atoms with Crippen LogP contribution in [0.5, 0.6) is 11.5 Å². The van der Waals surface area contributed by atoms with Crippen molar-refractivity contribution in [3.05, 3.63) is 36.7 Å². The zero-order chi connectivity index (χ0) is 12.3. The molecule has 0 aliphatic rings. The number of phenols is 1. The van der Waals surface area contributed by atoms with Crippen LogP contribution in [-0.4, -0.2) is 27.5 Å². The predicted molar refractivity (Wildman–Crippen MR) is 64.4 cm³/mol. The Kier molecular flexibility index (Phi) is 3.30. The Labute approximate surface area is 99.4 Å². The van der Waals surface area contributed by atoms with Crippen molar-refractivity contribution in [1.29, 1.82) is 0 Å². The number of phenolic OH excluding ortho intramolecular Hbond substituents is 1. The van der Waals surface area contributed by atoms with E-state index in [1.807, 2.05) is 13.0 Å². The quantitative estimate of drug-likeness (QED) is 0.835. The highest BCUT2D eigenvalue weighted by molar-refractivity contribution is 5.38. The summed E-state index contributed by atoms with van der Waals surface area (Å²) in [5.41, 5.74) is 6.37. The SMILES string of the molecule is CC(N)COc1cnn(-c2cccc(O)c2)c1. The Hall–Kier alpha value is -2.01. The lowest BCUT2D eigenvalue weighted by atomic mass is 10.3. The average molecular weight is 233 g/mol. The summed E-state index contributed by atoms with van der Waals surface area (Å²) >= 11 is 0. The van der Waals surface area contributed by atoms with E-state index >= 15 is 0 Å². The lowest BCUT2D eigenvalue weighted by Gasteiger charge is -2.05. The fraction of sp³-hybridized carbons (Fsp3) is 0.250. The first-order chi connectivity index (χ1) is 8.15. The first-order valence-corrected chi connectivity index (χ1v) is 5.37. The van der Waals surface area contributed by atoms with Crippen molar-refractivity contribution in [2.24, 2.45) is 5.73 Å². The smallest absolute Gasteiger partial charge is 0.157 e. The Morgan fingerprint density at radius 2 is 2.35 bits per heavy atom. The Morgan fingerprint density at radius 3 is 3.06 bits per heavy atom. The number of aromatic hydroxyl groups is 1. The fourth-order valence-corrected chi connectivity index (χ4v) is 1.39. The molecule has 0 radical (unpaired) electrons. The van der Waals surface area contributed by atoms with Crippen LogP contribution in [0, 0.1) is 0 Å². The van der Waals surface area contributed by atoms with E-state index in [-0.39, 0.29) is 11.8 Å². The number of hydrogen-bond donors (Lipinski definition) is 2. The summed E-state index contributed by atoms with van der Waals surface area (Å²) in [5.74, 6) is 0.863. The fourth-order valence-electron chi connectivity index (χ4n) is 1.39. The summed E-state index contributed by atoms with van der Waals surface area (Å²) in [6.07, 6.45) is 3.36. The zero-order valence-electron chi connectivity index (χ0n) is 9.58. The molecule has 0 saturated heterocycles. The molecule has 17 heavy (non-hydrogen) atoms. The second-order valence-electron chi connectivity index (χ2n) is 3.93. The van der Waals surface area contributed by atoms with Crippen molar-refractivity contribution in [1.82, 2.24) is 9.78 Å². The van der Waals surface area contributed by atoms with Crippen LogP contribution in [0.1, 0.15) is 6.92 Å². The van der Waals surface area contributed by atoms with Crippen molar-refractivity contribution in [2.75, 3.05) is 6.61 Å². The molecule has 0 aliphatic heterocycles. The molecule has 1 unspecified atom stereocenters. The molecule has 0 amide bonds. The topological polar surface area (TPSA) is 73.3 Å². The lowest BCUT2D eigenvalue weighted by molar-refractivity contribution is 0.296. The summed E-state index contributed by atoms with van der Waals surface area (Å²) in [6, 6.07) is 6.83. The van der Waals surface area contributed by atoms with Crippen LogP contribution >= 0.6 is 0 Å². The molecule has 0 bridgehead atoms. The van der Waals surface area contributed by atoms with Crippen molar-refractivity contribution in [2.45, 2.75) is 13.0 Å². The van der Waals surface area contributed by atoms with Crippen molar-refractivity contribution < 1.29 is 9.84 Å². The summed E-state index contributed by atoms with van der Waals surface area (Å²) in [4.78, 5) is 0. The van der Waals surface area contributed by atoms with Crippen LogP contribution in [0.25, 0.3) is 5.69 Å². The molecule has 0 aliphatic carbocycles. The molecule has 0 fully saturated rings. The Bertz CT molecular complexity index is 494. The van der Waals surface area contributed by atoms with Gasteiger partial charge in [0.2, 0.25) is 0 Å². The highest BCUT2D eigenvalue weighted by atomic mass is 16.5. The van der Waals surface area contributed by atoms with Crippen molar-refractivity contribution in [3.63, 3.8) is 0 Å². The minimum absolute atomic E-state index is 0.0147. The summed E-state index contributed by atoms with van der Waals surface area (Å²) in [7, 11) is 0. The molecule has 90 valence electrons. The molecule has 1 aromatic carbocycles. The van der Waals surface area contributed by atoms with Crippen molar-refractivity contribution >= 4 is 0 Å². The maximum Gasteiger partial charge on any atom is 0.157 e. The summed E-state index contributed by atoms with van der Waals surface area (Å²) in [5, 5.41) is 13.5. The number of rotatable bonds is 4. The van der Waals surface area contributed by atoms with E-state index < -0.39 is 0 Å². The van der Waals surface area contributed by atoms with E-state index in [1.54, 1.807) is 35.3 Å². The van der Waals surface area contributed by atoms with Gasteiger partial charge in [-0.25, -0.2) is 4.68 Å². The number of nitrogens with two attached hydrogens (primary N) is 1. The number of hydrogen-bond acceptors (Lipinski definition) is 4. The van der Waals surface area contributed by atoms with E-state index in [1.165, 1.54) is 0 Å². The monoisotopic (exact) mass is 233 g/mol. The normalized spacial score (nSPS) is 12.4. The van der Waals surface area contributed by atoms with E-state index in [0.29, 0.717) is 12.4 Å². The van der Waals surface area contributed by atoms with Gasteiger partial charge < -0.3 is 15.6 Å². The largest absolute Gasteiger partial charge is 0.508 e. The van der Waals surface area contributed by atoms with Gasteiger partial charge in [0.05, 0.1) is 18.1 Å². The highest BCUT2D eigenvalue weighted by Gasteiger charge is 2.03. The van der Waals surface area contributed by atoms with Gasteiger partial charge in [0.25, 0.3) is 0 Å². The van der Waals surface area contributed by atoms with Crippen molar-refractivity contribution in [3.8, 4) is 17.2 Å². The van der Waals surface area contributed by atoms with Gasteiger partial charge in [-0.3, -0.25) is 0 Å². The third kappa shape index (κ3) is 2.98. The van der Waals surface area contributed by atoms with Gasteiger partial charge in [-0.05, 0) is 19.1 Å².